The summed E-state index contributed by atoms with van der Waals surface area (Å²) in [5, 5.41) is 8.66. The summed E-state index contributed by atoms with van der Waals surface area (Å²) < 4.78 is 9.97. The highest BCUT2D eigenvalue weighted by Gasteiger charge is 2.27. The molecule has 0 spiro atoms. The number of alkyl halides is 1. The van der Waals surface area contributed by atoms with Gasteiger partial charge in [0, 0.05) is 0 Å². The van der Waals surface area contributed by atoms with Crippen molar-refractivity contribution in [2.75, 3.05) is 0 Å². The van der Waals surface area contributed by atoms with E-state index in [4.69, 9.17) is 20.6 Å². The fourth-order valence-electron chi connectivity index (χ4n) is 1.35. The number of halogens is 1. The predicted octanol–water partition coefficient (Wildman–Crippen LogP) is 1.21. The first-order valence-electron chi connectivity index (χ1n) is 4.98. The second kappa shape index (κ2) is 5.95. The Bertz CT molecular complexity index is 472. The van der Waals surface area contributed by atoms with Gasteiger partial charge in [0.05, 0.1) is 0 Å². The molecule has 18 heavy (non-hydrogen) atoms. The van der Waals surface area contributed by atoms with E-state index in [-0.39, 0.29) is 6.42 Å². The molecule has 0 saturated carbocycles. The van der Waals surface area contributed by atoms with E-state index in [9.17, 15) is 9.36 Å². The molecule has 100 valence electrons. The second-order valence-corrected chi connectivity index (χ2v) is 7.13. The third-order valence-corrected chi connectivity index (χ3v) is 5.34. The van der Waals surface area contributed by atoms with E-state index < -0.39 is 24.2 Å². The van der Waals surface area contributed by atoms with Crippen LogP contribution in [0.4, 0.5) is 0 Å². The molecule has 2 unspecified atom stereocenters. The summed E-state index contributed by atoms with van der Waals surface area (Å²) in [6.45, 7) is 0. The number of hydrogen-bond acceptors (Lipinski definition) is 3. The molecule has 0 bridgehead atoms. The lowest BCUT2D eigenvalue weighted by Crippen LogP contribution is -2.32. The van der Waals surface area contributed by atoms with Gasteiger partial charge >= 0.3 is 13.6 Å². The van der Waals surface area contributed by atoms with Gasteiger partial charge in [0.1, 0.15) is 10.6 Å². The van der Waals surface area contributed by atoms with Crippen molar-refractivity contribution in [1.29, 1.82) is 0 Å². The van der Waals surface area contributed by atoms with Gasteiger partial charge in [-0.05, 0) is 17.5 Å². The number of aliphatic carboxylic acids is 1. The van der Waals surface area contributed by atoms with Crippen LogP contribution in [-0.4, -0.2) is 26.9 Å². The summed E-state index contributed by atoms with van der Waals surface area (Å²) in [5.74, 6) is -1.09. The lowest BCUT2D eigenvalue weighted by atomic mass is 10.1. The zero-order valence-electron chi connectivity index (χ0n) is 9.23. The Kier molecular flexibility index (Phi) is 5.07. The summed E-state index contributed by atoms with van der Waals surface area (Å²) in [4.78, 5) is 28.6. The molecule has 0 radical (unpaired) electrons. The average Bonchev–Trinajstić information content (AvgIpc) is 2.27. The molecule has 0 aliphatic carbocycles. The maximum Gasteiger partial charge on any atom is 0.343 e. The topological polar surface area (TPSA) is 121 Å². The Morgan fingerprint density at radius 2 is 1.83 bits per heavy atom. The van der Waals surface area contributed by atoms with Gasteiger partial charge in [0.25, 0.3) is 0 Å². The minimum Gasteiger partial charge on any atom is -0.480 e. The van der Waals surface area contributed by atoms with E-state index in [1.807, 2.05) is 0 Å². The monoisotopic (exact) mass is 337 g/mol. The van der Waals surface area contributed by atoms with Crippen LogP contribution in [0, 0.1) is 0 Å². The van der Waals surface area contributed by atoms with Gasteiger partial charge in [0.15, 0.2) is 0 Å². The van der Waals surface area contributed by atoms with Gasteiger partial charge in [0.2, 0.25) is 0 Å². The second-order valence-electron chi connectivity index (χ2n) is 3.82. The molecule has 0 saturated heterocycles. The minimum atomic E-state index is -4.24. The Morgan fingerprint density at radius 1 is 1.33 bits per heavy atom. The van der Waals surface area contributed by atoms with Crippen LogP contribution >= 0.6 is 23.5 Å². The van der Waals surface area contributed by atoms with Crippen LogP contribution < -0.4 is 5.73 Å². The van der Waals surface area contributed by atoms with Crippen LogP contribution in [0.25, 0.3) is 0 Å². The molecule has 0 heterocycles. The van der Waals surface area contributed by atoms with E-state index in [0.29, 0.717) is 11.1 Å². The number of carbonyl (C=O) groups is 1. The van der Waals surface area contributed by atoms with Gasteiger partial charge in [-0.25, -0.2) is 0 Å². The highest BCUT2D eigenvalue weighted by atomic mass is 79.9. The summed E-state index contributed by atoms with van der Waals surface area (Å²) in [7, 11) is -4.24. The van der Waals surface area contributed by atoms with E-state index in [2.05, 4.69) is 15.9 Å². The fraction of sp³-hybridized carbons (Fsp3) is 0.300. The van der Waals surface area contributed by atoms with Gasteiger partial charge in [-0.1, -0.05) is 40.2 Å². The first-order chi connectivity index (χ1) is 8.21. The lowest BCUT2D eigenvalue weighted by Gasteiger charge is -2.13. The summed E-state index contributed by atoms with van der Waals surface area (Å²) >= 11 is 2.92. The molecule has 8 heteroatoms. The van der Waals surface area contributed by atoms with Crippen molar-refractivity contribution in [3.05, 3.63) is 35.4 Å². The van der Waals surface area contributed by atoms with Crippen LogP contribution in [0.15, 0.2) is 24.3 Å². The quantitative estimate of drug-likeness (QED) is 0.473. The minimum absolute atomic E-state index is 0.165. The number of carboxylic acids is 1. The predicted molar refractivity (Wildman–Crippen MR) is 69.5 cm³/mol. The van der Waals surface area contributed by atoms with Crippen LogP contribution in [0.5, 0.6) is 0 Å². The SMILES string of the molecule is NC(Cc1ccc(C(Br)P(=O)(O)O)cc1)C(=O)O. The normalized spacial score (nSPS) is 15.1. The number of rotatable bonds is 5. The molecule has 1 aromatic rings. The molecular weight excluding hydrogens is 325 g/mol. The lowest BCUT2D eigenvalue weighted by molar-refractivity contribution is -0.138. The Balaban J connectivity index is 2.81. The molecule has 0 aliphatic heterocycles. The van der Waals surface area contributed by atoms with Crippen molar-refractivity contribution in [3.8, 4) is 0 Å². The van der Waals surface area contributed by atoms with E-state index >= 15 is 0 Å². The molecule has 5 N–H and O–H groups in total. The van der Waals surface area contributed by atoms with Gasteiger partial charge in [-0.15, -0.1) is 0 Å². The summed E-state index contributed by atoms with van der Waals surface area (Å²) in [6.07, 6.45) is 0.165. The number of benzene rings is 1. The van der Waals surface area contributed by atoms with Crippen molar-refractivity contribution < 1.29 is 24.3 Å². The first kappa shape index (κ1) is 15.3. The zero-order chi connectivity index (χ0) is 13.9. The molecule has 0 amide bonds. The third-order valence-electron chi connectivity index (χ3n) is 2.32. The molecule has 0 fully saturated rings. The molecule has 1 aromatic carbocycles. The average molecular weight is 338 g/mol. The Morgan fingerprint density at radius 3 is 2.22 bits per heavy atom. The third kappa shape index (κ3) is 4.19. The van der Waals surface area contributed by atoms with Crippen molar-refractivity contribution >= 4 is 29.5 Å². The molecule has 0 aliphatic rings. The largest absolute Gasteiger partial charge is 0.480 e. The zero-order valence-corrected chi connectivity index (χ0v) is 11.7. The Hall–Kier alpha value is -0.720. The summed E-state index contributed by atoms with van der Waals surface area (Å²) in [6, 6.07) is 5.27. The van der Waals surface area contributed by atoms with Crippen LogP contribution in [-0.2, 0) is 15.8 Å². The molecule has 6 nitrogen and oxygen atoms in total. The standard InChI is InChI=1S/C10H13BrNO5P/c11-9(18(15,16)17)7-3-1-6(2-4-7)5-8(12)10(13)14/h1-4,8-9H,5,12H2,(H,13,14)(H2,15,16,17). The van der Waals surface area contributed by atoms with Crippen molar-refractivity contribution in [1.82, 2.24) is 0 Å². The van der Waals surface area contributed by atoms with Gasteiger partial charge < -0.3 is 20.6 Å². The first-order valence-corrected chi connectivity index (χ1v) is 7.58. The van der Waals surface area contributed by atoms with Gasteiger partial charge in [-0.3, -0.25) is 9.36 Å². The van der Waals surface area contributed by atoms with Crippen molar-refractivity contribution in [3.63, 3.8) is 0 Å². The molecule has 1 rings (SSSR count). The van der Waals surface area contributed by atoms with Crippen LogP contribution in [0.3, 0.4) is 0 Å². The fourth-order valence-corrected chi connectivity index (χ4v) is 2.21. The number of hydrogen-bond donors (Lipinski definition) is 4. The van der Waals surface area contributed by atoms with Crippen molar-refractivity contribution in [2.45, 2.75) is 17.0 Å². The maximum absolute atomic E-state index is 11.0. The smallest absolute Gasteiger partial charge is 0.343 e. The highest BCUT2D eigenvalue weighted by Crippen LogP contribution is 2.55. The highest BCUT2D eigenvalue weighted by molar-refractivity contribution is 9.10. The van der Waals surface area contributed by atoms with Crippen LogP contribution in [0.1, 0.15) is 15.7 Å². The maximum atomic E-state index is 11.0. The number of carboxylic acid groups (broad SMARTS) is 1. The van der Waals surface area contributed by atoms with Crippen LogP contribution in [0.2, 0.25) is 0 Å². The molecule has 0 aromatic heterocycles. The van der Waals surface area contributed by atoms with E-state index in [1.165, 1.54) is 12.1 Å². The molecular formula is C10H13BrNO5P. The van der Waals surface area contributed by atoms with Gasteiger partial charge in [-0.2, -0.15) is 0 Å². The van der Waals surface area contributed by atoms with Crippen molar-refractivity contribution in [2.24, 2.45) is 5.73 Å². The summed E-state index contributed by atoms with van der Waals surface area (Å²) in [5.41, 5.74) is 6.50. The number of nitrogens with two attached hydrogens (primary N) is 1. The van der Waals surface area contributed by atoms with E-state index in [0.717, 1.165) is 0 Å². The molecule has 2 atom stereocenters. The Labute approximate surface area is 112 Å². The van der Waals surface area contributed by atoms with E-state index in [1.54, 1.807) is 12.1 Å².